The van der Waals surface area contributed by atoms with Crippen LogP contribution in [0.1, 0.15) is 11.1 Å². The Balaban J connectivity index is 3.12. The Morgan fingerprint density at radius 2 is 2.19 bits per heavy atom. The van der Waals surface area contributed by atoms with E-state index in [1.165, 1.54) is 14.2 Å². The molecule has 0 saturated carbocycles. The maximum absolute atomic E-state index is 11.1. The van der Waals surface area contributed by atoms with Crippen molar-refractivity contribution in [3.8, 4) is 11.8 Å². The fourth-order valence-electron chi connectivity index (χ4n) is 1.21. The highest BCUT2D eigenvalue weighted by molar-refractivity contribution is 9.10. The van der Waals surface area contributed by atoms with Crippen LogP contribution in [-0.4, -0.2) is 20.2 Å². The number of carbonyl (C=O) groups excluding carboxylic acids is 1. The SMILES string of the molecule is COC(=O)Cc1cc(OC)c(C#N)cc1Br. The van der Waals surface area contributed by atoms with Crippen molar-refractivity contribution in [1.29, 1.82) is 5.26 Å². The molecule has 1 rings (SSSR count). The van der Waals surface area contributed by atoms with E-state index >= 15 is 0 Å². The minimum atomic E-state index is -0.340. The molecule has 0 aliphatic rings. The molecule has 84 valence electrons. The molecule has 0 fully saturated rings. The lowest BCUT2D eigenvalue weighted by Gasteiger charge is -2.08. The van der Waals surface area contributed by atoms with Crippen molar-refractivity contribution in [2.75, 3.05) is 14.2 Å². The summed E-state index contributed by atoms with van der Waals surface area (Å²) in [5.74, 6) is 0.108. The van der Waals surface area contributed by atoms with E-state index in [1.807, 2.05) is 6.07 Å². The molecule has 0 saturated heterocycles. The van der Waals surface area contributed by atoms with Crippen molar-refractivity contribution in [2.45, 2.75) is 6.42 Å². The Hall–Kier alpha value is -1.54. The molecule has 0 spiro atoms. The number of nitrogens with zero attached hydrogens (tertiary/aromatic N) is 1. The van der Waals surface area contributed by atoms with Gasteiger partial charge in [0, 0.05) is 4.47 Å². The van der Waals surface area contributed by atoms with Crippen molar-refractivity contribution in [3.63, 3.8) is 0 Å². The highest BCUT2D eigenvalue weighted by Gasteiger charge is 2.11. The van der Waals surface area contributed by atoms with Gasteiger partial charge in [-0.3, -0.25) is 4.79 Å². The van der Waals surface area contributed by atoms with Gasteiger partial charge in [0.2, 0.25) is 0 Å². The van der Waals surface area contributed by atoms with Crippen molar-refractivity contribution in [2.24, 2.45) is 0 Å². The first-order valence-corrected chi connectivity index (χ1v) is 5.25. The quantitative estimate of drug-likeness (QED) is 0.797. The Morgan fingerprint density at radius 3 is 2.69 bits per heavy atom. The summed E-state index contributed by atoms with van der Waals surface area (Å²) in [5.41, 5.74) is 1.14. The van der Waals surface area contributed by atoms with Gasteiger partial charge in [-0.05, 0) is 17.7 Å². The molecule has 0 aromatic heterocycles. The molecule has 0 heterocycles. The van der Waals surface area contributed by atoms with Crippen LogP contribution in [0.4, 0.5) is 0 Å². The van der Waals surface area contributed by atoms with Gasteiger partial charge in [-0.25, -0.2) is 0 Å². The molecular weight excluding hydrogens is 274 g/mol. The summed E-state index contributed by atoms with van der Waals surface area (Å²) in [7, 11) is 2.81. The van der Waals surface area contributed by atoms with Crippen molar-refractivity contribution in [3.05, 3.63) is 27.7 Å². The molecule has 4 nitrogen and oxygen atoms in total. The van der Waals surface area contributed by atoms with Gasteiger partial charge in [-0.2, -0.15) is 5.26 Å². The number of hydrogen-bond donors (Lipinski definition) is 0. The standard InChI is InChI=1S/C11H10BrNO3/c1-15-10-4-7(5-11(14)16-2)9(12)3-8(10)6-13/h3-4H,5H2,1-2H3. The van der Waals surface area contributed by atoms with Crippen LogP contribution in [0.5, 0.6) is 5.75 Å². The summed E-state index contributed by atoms with van der Waals surface area (Å²) in [5, 5.41) is 8.85. The third-order valence-corrected chi connectivity index (χ3v) is 2.79. The van der Waals surface area contributed by atoms with Gasteiger partial charge < -0.3 is 9.47 Å². The number of hydrogen-bond acceptors (Lipinski definition) is 4. The van der Waals surface area contributed by atoms with Gasteiger partial charge >= 0.3 is 5.97 Å². The second-order valence-electron chi connectivity index (χ2n) is 3.01. The normalized spacial score (nSPS) is 9.38. The molecule has 0 unspecified atom stereocenters. The summed E-state index contributed by atoms with van der Waals surface area (Å²) in [6, 6.07) is 5.29. The average Bonchev–Trinajstić information content (AvgIpc) is 2.30. The van der Waals surface area contributed by atoms with E-state index in [1.54, 1.807) is 12.1 Å². The molecule has 5 heteroatoms. The number of esters is 1. The summed E-state index contributed by atoms with van der Waals surface area (Å²) < 4.78 is 10.3. The average molecular weight is 284 g/mol. The van der Waals surface area contributed by atoms with Crippen LogP contribution >= 0.6 is 15.9 Å². The van der Waals surface area contributed by atoms with Crippen LogP contribution in [-0.2, 0) is 16.0 Å². The third-order valence-electron chi connectivity index (χ3n) is 2.05. The molecule has 0 radical (unpaired) electrons. The van der Waals surface area contributed by atoms with Gasteiger partial charge in [-0.15, -0.1) is 0 Å². The van der Waals surface area contributed by atoms with Crippen molar-refractivity contribution in [1.82, 2.24) is 0 Å². The van der Waals surface area contributed by atoms with E-state index in [2.05, 4.69) is 20.7 Å². The second kappa shape index (κ2) is 5.52. The molecule has 1 aromatic carbocycles. The minimum Gasteiger partial charge on any atom is -0.495 e. The molecule has 0 aliphatic heterocycles. The smallest absolute Gasteiger partial charge is 0.310 e. The molecule has 0 bridgehead atoms. The lowest BCUT2D eigenvalue weighted by molar-refractivity contribution is -0.139. The van der Waals surface area contributed by atoms with Crippen molar-refractivity contribution < 1.29 is 14.3 Å². The summed E-state index contributed by atoms with van der Waals surface area (Å²) in [6.45, 7) is 0. The number of rotatable bonds is 3. The Labute approximate surface area is 102 Å². The summed E-state index contributed by atoms with van der Waals surface area (Å²) >= 11 is 3.29. The molecule has 0 atom stereocenters. The van der Waals surface area contributed by atoms with Crippen LogP contribution < -0.4 is 4.74 Å². The van der Waals surface area contributed by atoms with E-state index in [0.29, 0.717) is 15.8 Å². The van der Waals surface area contributed by atoms with E-state index in [0.717, 1.165) is 5.56 Å². The van der Waals surface area contributed by atoms with E-state index in [4.69, 9.17) is 10.00 Å². The first-order valence-electron chi connectivity index (χ1n) is 4.45. The molecule has 0 N–H and O–H groups in total. The topological polar surface area (TPSA) is 59.3 Å². The van der Waals surface area contributed by atoms with Gasteiger partial charge in [0.25, 0.3) is 0 Å². The molecule has 0 aliphatic carbocycles. The summed E-state index contributed by atoms with van der Waals surface area (Å²) in [4.78, 5) is 11.1. The third kappa shape index (κ3) is 2.74. The number of ether oxygens (including phenoxy) is 2. The van der Waals surface area contributed by atoms with Crippen LogP contribution in [0.3, 0.4) is 0 Å². The first kappa shape index (κ1) is 12.5. The zero-order valence-electron chi connectivity index (χ0n) is 8.91. The zero-order chi connectivity index (χ0) is 12.1. The number of methoxy groups -OCH3 is 2. The van der Waals surface area contributed by atoms with Crippen LogP contribution in [0.2, 0.25) is 0 Å². The molecular formula is C11H10BrNO3. The highest BCUT2D eigenvalue weighted by Crippen LogP contribution is 2.27. The fraction of sp³-hybridized carbons (Fsp3) is 0.273. The highest BCUT2D eigenvalue weighted by atomic mass is 79.9. The predicted molar refractivity (Wildman–Crippen MR) is 61.1 cm³/mol. The Bertz CT molecular complexity index is 451. The lowest BCUT2D eigenvalue weighted by Crippen LogP contribution is -2.05. The van der Waals surface area contributed by atoms with Gasteiger partial charge in [0.1, 0.15) is 11.8 Å². The number of halogens is 1. The maximum Gasteiger partial charge on any atom is 0.310 e. The van der Waals surface area contributed by atoms with Crippen LogP contribution in [0.15, 0.2) is 16.6 Å². The molecule has 1 aromatic rings. The number of carbonyl (C=O) groups is 1. The van der Waals surface area contributed by atoms with Crippen LogP contribution in [0.25, 0.3) is 0 Å². The zero-order valence-corrected chi connectivity index (χ0v) is 10.5. The van der Waals surface area contributed by atoms with Gasteiger partial charge in [0.05, 0.1) is 26.2 Å². The number of benzene rings is 1. The predicted octanol–water partition coefficient (Wildman–Crippen LogP) is 2.04. The summed E-state index contributed by atoms with van der Waals surface area (Å²) in [6.07, 6.45) is 0.138. The largest absolute Gasteiger partial charge is 0.495 e. The Morgan fingerprint density at radius 1 is 1.50 bits per heavy atom. The monoisotopic (exact) mass is 283 g/mol. The lowest BCUT2D eigenvalue weighted by atomic mass is 10.1. The minimum absolute atomic E-state index is 0.138. The van der Waals surface area contributed by atoms with Crippen molar-refractivity contribution >= 4 is 21.9 Å². The second-order valence-corrected chi connectivity index (χ2v) is 3.86. The fourth-order valence-corrected chi connectivity index (χ4v) is 1.70. The Kier molecular flexibility index (Phi) is 4.32. The van der Waals surface area contributed by atoms with E-state index in [-0.39, 0.29) is 12.4 Å². The van der Waals surface area contributed by atoms with Gasteiger partial charge in [-0.1, -0.05) is 15.9 Å². The molecule has 0 amide bonds. The van der Waals surface area contributed by atoms with Gasteiger partial charge in [0.15, 0.2) is 0 Å². The maximum atomic E-state index is 11.1. The first-order chi connectivity index (χ1) is 7.62. The van der Waals surface area contributed by atoms with E-state index in [9.17, 15) is 4.79 Å². The molecule has 16 heavy (non-hydrogen) atoms. The van der Waals surface area contributed by atoms with E-state index < -0.39 is 0 Å². The van der Waals surface area contributed by atoms with Crippen LogP contribution in [0, 0.1) is 11.3 Å². The number of nitriles is 1.